The molecule has 0 amide bonds. The van der Waals surface area contributed by atoms with Crippen molar-refractivity contribution in [1.29, 1.82) is 0 Å². The van der Waals surface area contributed by atoms with E-state index in [9.17, 15) is 9.59 Å². The minimum Gasteiger partial charge on any atom is -0.389 e. The van der Waals surface area contributed by atoms with Crippen LogP contribution in [0.2, 0.25) is 0 Å². The van der Waals surface area contributed by atoms with Gasteiger partial charge in [-0.05, 0) is 18.8 Å². The summed E-state index contributed by atoms with van der Waals surface area (Å²) in [6, 6.07) is 8.49. The third-order valence-corrected chi connectivity index (χ3v) is 3.82. The Labute approximate surface area is 124 Å². The average molecular weight is 291 g/mol. The molecule has 2 N–H and O–H groups in total. The number of carbonyl (C=O) groups is 2. The normalized spacial score (nSPS) is 17.4. The lowest BCUT2D eigenvalue weighted by atomic mass is 9.89. The van der Waals surface area contributed by atoms with Gasteiger partial charge in [-0.1, -0.05) is 30.3 Å². The van der Waals surface area contributed by atoms with Crippen molar-refractivity contribution in [3.05, 3.63) is 35.9 Å². The number of carbonyl (C=O) groups excluding carboxylic acids is 2. The number of aliphatic hydroxyl groups is 1. The van der Waals surface area contributed by atoms with Crippen LogP contribution in [0.25, 0.3) is 0 Å². The largest absolute Gasteiger partial charge is 0.389 e. The predicted octanol–water partition coefficient (Wildman–Crippen LogP) is 0.815. The van der Waals surface area contributed by atoms with E-state index in [1.165, 1.54) is 0 Å². The number of ketones is 2. The van der Waals surface area contributed by atoms with Gasteiger partial charge in [-0.15, -0.1) is 0 Å². The molecule has 5 heteroatoms. The summed E-state index contributed by atoms with van der Waals surface area (Å²) < 4.78 is 5.29. The van der Waals surface area contributed by atoms with E-state index in [4.69, 9.17) is 9.84 Å². The molecule has 0 radical (unpaired) electrons. The van der Waals surface area contributed by atoms with Crippen molar-refractivity contribution in [2.75, 3.05) is 26.4 Å². The summed E-state index contributed by atoms with van der Waals surface area (Å²) >= 11 is 0. The van der Waals surface area contributed by atoms with Gasteiger partial charge in [0.15, 0.2) is 11.6 Å². The fraction of sp³-hybridized carbons (Fsp3) is 0.500. The molecule has 0 aromatic heterocycles. The Bertz CT molecular complexity index is 468. The number of rotatable bonds is 7. The number of Topliss-reactive ketones (excluding diaryl/α,β-unsaturated/α-hetero) is 2. The summed E-state index contributed by atoms with van der Waals surface area (Å²) in [4.78, 5) is 24.0. The van der Waals surface area contributed by atoms with Gasteiger partial charge in [-0.3, -0.25) is 14.9 Å². The van der Waals surface area contributed by atoms with Crippen molar-refractivity contribution in [1.82, 2.24) is 5.32 Å². The van der Waals surface area contributed by atoms with E-state index >= 15 is 0 Å². The first-order valence-electron chi connectivity index (χ1n) is 7.25. The Morgan fingerprint density at radius 2 is 1.90 bits per heavy atom. The third kappa shape index (κ3) is 4.46. The Hall–Kier alpha value is -1.56. The van der Waals surface area contributed by atoms with Gasteiger partial charge in [0.05, 0.1) is 12.6 Å². The van der Waals surface area contributed by atoms with E-state index in [0.29, 0.717) is 18.8 Å². The van der Waals surface area contributed by atoms with Gasteiger partial charge in [0.25, 0.3) is 0 Å². The quantitative estimate of drug-likeness (QED) is 0.727. The third-order valence-electron chi connectivity index (χ3n) is 3.82. The first-order chi connectivity index (χ1) is 10.2. The molecule has 114 valence electrons. The second-order valence-corrected chi connectivity index (χ2v) is 5.22. The van der Waals surface area contributed by atoms with Crippen LogP contribution in [0.5, 0.6) is 0 Å². The smallest absolute Gasteiger partial charge is 0.176 e. The molecule has 1 aliphatic heterocycles. The minimum atomic E-state index is -0.505. The highest BCUT2D eigenvalue weighted by atomic mass is 16.5. The van der Waals surface area contributed by atoms with Crippen molar-refractivity contribution in [2.24, 2.45) is 5.92 Å². The summed E-state index contributed by atoms with van der Waals surface area (Å²) in [5.74, 6) is -0.205. The second kappa shape index (κ2) is 8.02. The predicted molar refractivity (Wildman–Crippen MR) is 78.2 cm³/mol. The summed E-state index contributed by atoms with van der Waals surface area (Å²) in [6.07, 6.45) is 1.53. The first-order valence-corrected chi connectivity index (χ1v) is 7.25. The maximum Gasteiger partial charge on any atom is 0.176 e. The Balaban J connectivity index is 1.95. The second-order valence-electron chi connectivity index (χ2n) is 5.22. The van der Waals surface area contributed by atoms with Gasteiger partial charge in [-0.2, -0.15) is 0 Å². The lowest BCUT2D eigenvalue weighted by Crippen LogP contribution is -2.47. The Morgan fingerprint density at radius 3 is 2.52 bits per heavy atom. The summed E-state index contributed by atoms with van der Waals surface area (Å²) in [5, 5.41) is 12.1. The molecular weight excluding hydrogens is 270 g/mol. The van der Waals surface area contributed by atoms with Crippen LogP contribution in [-0.4, -0.2) is 49.1 Å². The number of hydrogen-bond acceptors (Lipinski definition) is 5. The summed E-state index contributed by atoms with van der Waals surface area (Å²) in [6.45, 7) is 0.828. The van der Waals surface area contributed by atoms with Crippen molar-refractivity contribution in [2.45, 2.75) is 18.9 Å². The van der Waals surface area contributed by atoms with E-state index in [-0.39, 0.29) is 24.0 Å². The molecule has 0 unspecified atom stereocenters. The molecule has 2 rings (SSSR count). The van der Waals surface area contributed by atoms with Crippen molar-refractivity contribution in [3.8, 4) is 0 Å². The van der Waals surface area contributed by atoms with Gasteiger partial charge in [0.1, 0.15) is 6.61 Å². The van der Waals surface area contributed by atoms with Crippen molar-refractivity contribution < 1.29 is 19.4 Å². The van der Waals surface area contributed by atoms with Crippen LogP contribution in [0.4, 0.5) is 0 Å². The van der Waals surface area contributed by atoms with Gasteiger partial charge < -0.3 is 9.84 Å². The number of ether oxygens (including phenoxy) is 1. The zero-order chi connectivity index (χ0) is 15.1. The first kappa shape index (κ1) is 15.8. The van der Waals surface area contributed by atoms with Crippen LogP contribution in [0, 0.1) is 5.92 Å². The molecule has 1 aliphatic rings. The molecule has 1 fully saturated rings. The van der Waals surface area contributed by atoms with Crippen LogP contribution < -0.4 is 5.32 Å². The maximum absolute atomic E-state index is 12.1. The lowest BCUT2D eigenvalue weighted by molar-refractivity contribution is -0.126. The van der Waals surface area contributed by atoms with Crippen molar-refractivity contribution >= 4 is 11.6 Å². The van der Waals surface area contributed by atoms with E-state index in [2.05, 4.69) is 5.32 Å². The topological polar surface area (TPSA) is 75.6 Å². The molecule has 0 spiro atoms. The molecule has 1 aromatic carbocycles. The monoisotopic (exact) mass is 291 g/mol. The lowest BCUT2D eigenvalue weighted by Gasteiger charge is -2.29. The van der Waals surface area contributed by atoms with E-state index in [1.807, 2.05) is 18.2 Å². The molecule has 1 heterocycles. The maximum atomic E-state index is 12.1. The Kier molecular flexibility index (Phi) is 6.04. The van der Waals surface area contributed by atoms with E-state index < -0.39 is 12.6 Å². The standard InChI is InChI=1S/C16H21NO4/c18-11-15(20)16(13-6-8-21-9-7-13)17-10-14(19)12-4-2-1-3-5-12/h1-5,13,16-18H,6-11H2/t16-/m0/s1. The highest BCUT2D eigenvalue weighted by Gasteiger charge is 2.29. The van der Waals surface area contributed by atoms with Crippen LogP contribution >= 0.6 is 0 Å². The fourth-order valence-electron chi connectivity index (χ4n) is 2.62. The molecular formula is C16H21NO4. The molecule has 0 aliphatic carbocycles. The summed E-state index contributed by atoms with van der Waals surface area (Å²) in [5.41, 5.74) is 0.618. The van der Waals surface area contributed by atoms with E-state index in [0.717, 1.165) is 12.8 Å². The number of hydrogen-bond donors (Lipinski definition) is 2. The average Bonchev–Trinajstić information content (AvgIpc) is 2.56. The molecule has 5 nitrogen and oxygen atoms in total. The number of benzene rings is 1. The SMILES string of the molecule is O=C(CN[C@H](C(=O)CO)C1CCOCC1)c1ccccc1. The molecule has 21 heavy (non-hydrogen) atoms. The number of aliphatic hydroxyl groups excluding tert-OH is 1. The van der Waals surface area contributed by atoms with Crippen LogP contribution in [0.15, 0.2) is 30.3 Å². The number of nitrogens with one attached hydrogen (secondary N) is 1. The highest BCUT2D eigenvalue weighted by molar-refractivity contribution is 5.98. The van der Waals surface area contributed by atoms with Crippen molar-refractivity contribution in [3.63, 3.8) is 0 Å². The zero-order valence-corrected chi connectivity index (χ0v) is 12.0. The minimum absolute atomic E-state index is 0.0570. The molecule has 1 aromatic rings. The van der Waals surface area contributed by atoms with Gasteiger partial charge >= 0.3 is 0 Å². The van der Waals surface area contributed by atoms with E-state index in [1.54, 1.807) is 12.1 Å². The molecule has 0 saturated carbocycles. The zero-order valence-electron chi connectivity index (χ0n) is 12.0. The highest BCUT2D eigenvalue weighted by Crippen LogP contribution is 2.19. The molecule has 0 bridgehead atoms. The Morgan fingerprint density at radius 1 is 1.24 bits per heavy atom. The summed E-state index contributed by atoms with van der Waals surface area (Å²) in [7, 11) is 0. The van der Waals surface area contributed by atoms with Crippen LogP contribution in [0.3, 0.4) is 0 Å². The van der Waals surface area contributed by atoms with Crippen LogP contribution in [-0.2, 0) is 9.53 Å². The van der Waals surface area contributed by atoms with Gasteiger partial charge in [0, 0.05) is 18.8 Å². The molecule has 1 saturated heterocycles. The van der Waals surface area contributed by atoms with Gasteiger partial charge in [-0.25, -0.2) is 0 Å². The molecule has 1 atom stereocenters. The van der Waals surface area contributed by atoms with Gasteiger partial charge in [0.2, 0.25) is 0 Å². The van der Waals surface area contributed by atoms with Crippen LogP contribution in [0.1, 0.15) is 23.2 Å². The fourth-order valence-corrected chi connectivity index (χ4v) is 2.62.